The molecule has 0 saturated carbocycles. The third-order valence-electron chi connectivity index (χ3n) is 30.7. The number of anilines is 6. The first-order valence-corrected chi connectivity index (χ1v) is 51.5. The van der Waals surface area contributed by atoms with Gasteiger partial charge in [-0.05, 0) is 262 Å². The van der Waals surface area contributed by atoms with Gasteiger partial charge in [-0.3, -0.25) is 0 Å². The van der Waals surface area contributed by atoms with Gasteiger partial charge in [0.05, 0.1) is 77.6 Å². The minimum Gasteiger partial charge on any atom is -0.311 e. The zero-order chi connectivity index (χ0) is 98.8. The molecule has 8 nitrogen and oxygen atoms in total. The minimum atomic E-state index is 1.07. The lowest BCUT2D eigenvalue weighted by molar-refractivity contribution is 1.18. The van der Waals surface area contributed by atoms with Crippen molar-refractivity contribution in [3.05, 3.63) is 570 Å². The molecule has 30 aromatic rings. The van der Waals surface area contributed by atoms with Crippen molar-refractivity contribution in [2.75, 3.05) is 9.80 Å². The molecule has 0 spiro atoms. The SMILES string of the molecule is c1ccc(-n2c3ccccc3c3ccc(-c4ccc(N(c5ccc(-c6ccc(-n7c8ccccc8c8ccccc87)cc6)cc5)c5ccc(-c6ccc7c8ccccc8n(-c8ccccc8)c7c6)cc5)cc4)cc32)cc1.c1ccc(-n2c3ccccc3c3ccc(-c4ccc(N(c5ccc(-c6ccc7c8ccccc8n(-c8ccccc8)c7c6)cc5)c5ccc(-n6c7ccccc7c7ccccc76)c6ccccc56)cc4)cc32)cc1. The highest BCUT2D eigenvalue weighted by Gasteiger charge is 2.26. The van der Waals surface area contributed by atoms with E-state index in [2.05, 4.69) is 607 Å². The van der Waals surface area contributed by atoms with Crippen LogP contribution < -0.4 is 9.80 Å². The third-order valence-corrected chi connectivity index (χ3v) is 30.7. The van der Waals surface area contributed by atoms with Crippen molar-refractivity contribution >= 4 is 176 Å². The molecule has 30 rings (SSSR count). The molecule has 0 radical (unpaired) electrons. The first-order valence-electron chi connectivity index (χ1n) is 51.5. The normalized spacial score (nSPS) is 11.7. The molecule has 0 aliphatic carbocycles. The molecule has 0 bridgehead atoms. The zero-order valence-corrected chi connectivity index (χ0v) is 81.8. The van der Waals surface area contributed by atoms with Gasteiger partial charge in [0.1, 0.15) is 0 Å². The number of hydrogen-bond donors (Lipinski definition) is 0. The summed E-state index contributed by atoms with van der Waals surface area (Å²) in [6, 6.07) is 208. The molecule has 702 valence electrons. The maximum Gasteiger partial charge on any atom is 0.0547 e. The van der Waals surface area contributed by atoms with E-state index in [1.807, 2.05) is 0 Å². The Bertz CT molecular complexity index is 9970. The first kappa shape index (κ1) is 86.6. The van der Waals surface area contributed by atoms with Crippen LogP contribution in [0.4, 0.5) is 34.1 Å². The quantitative estimate of drug-likeness (QED) is 0.0911. The predicted molar refractivity (Wildman–Crippen MR) is 633 cm³/mol. The lowest BCUT2D eigenvalue weighted by atomic mass is 10.0. The fourth-order valence-electron chi connectivity index (χ4n) is 23.8. The Morgan fingerprint density at radius 1 is 0.107 bits per heavy atom. The fraction of sp³-hybridized carbons (Fsp3) is 0. The van der Waals surface area contributed by atoms with Crippen molar-refractivity contribution in [3.8, 4) is 89.8 Å². The Labute approximate surface area is 866 Å². The Kier molecular flexibility index (Phi) is 20.8. The molecule has 6 aromatic heterocycles. The molecule has 0 fully saturated rings. The number of aromatic nitrogens is 6. The molecule has 150 heavy (non-hydrogen) atoms. The Balaban J connectivity index is 0.000000141. The smallest absolute Gasteiger partial charge is 0.0547 e. The first-order chi connectivity index (χ1) is 74.4. The largest absolute Gasteiger partial charge is 0.311 e. The van der Waals surface area contributed by atoms with Crippen molar-refractivity contribution in [1.29, 1.82) is 0 Å². The lowest BCUT2D eigenvalue weighted by Gasteiger charge is -2.28. The highest BCUT2D eigenvalue weighted by Crippen LogP contribution is 2.49. The molecule has 0 unspecified atom stereocenters. The van der Waals surface area contributed by atoms with Crippen LogP contribution in [0.15, 0.2) is 570 Å². The van der Waals surface area contributed by atoms with Crippen molar-refractivity contribution in [2.24, 2.45) is 0 Å². The highest BCUT2D eigenvalue weighted by atomic mass is 15.2. The predicted octanol–water partition coefficient (Wildman–Crippen LogP) is 38.4. The fourth-order valence-corrected chi connectivity index (χ4v) is 23.8. The molecule has 0 saturated heterocycles. The van der Waals surface area contributed by atoms with E-state index in [9.17, 15) is 0 Å². The second-order valence-electron chi connectivity index (χ2n) is 39.0. The van der Waals surface area contributed by atoms with Gasteiger partial charge in [-0.1, -0.05) is 364 Å². The van der Waals surface area contributed by atoms with Crippen LogP contribution >= 0.6 is 0 Å². The van der Waals surface area contributed by atoms with Gasteiger partial charge < -0.3 is 37.2 Å². The standard InChI is InChI=1S/C72H48N4.C70H46N4/c1-3-15-55(16-4-1)75-69-25-13-9-21-63(69)65-45-35-53(47-71(65)75)51-31-39-58(40-32-51)73(57-37-27-49(28-38-57)50-29-43-60(44-30-50)74-67-23-11-7-19-61(67)62-20-8-12-24-68(62)74)59-41-33-52(34-42-59)54-36-46-66-64-22-10-14-26-70(64)76(72(66)48-54)56-17-5-2-6-18-56;1-3-17-51(18-4-1)72-63-27-13-9-25-59(63)61-41-35-49(45-69(61)72)47-31-37-53(38-32-47)71(67-43-44-68(58-22-8-7-21-57(58)67)74-65-29-15-11-23-55(65)56-24-12-16-30-66(56)74)54-39-33-48(34-40-54)50-36-42-62-60-26-10-14-28-64(60)73(70(62)46-50)52-19-5-2-6-20-52/h1-48H;1-46H. The van der Waals surface area contributed by atoms with Crippen LogP contribution in [0.2, 0.25) is 0 Å². The van der Waals surface area contributed by atoms with E-state index >= 15 is 0 Å². The summed E-state index contributed by atoms with van der Waals surface area (Å²) >= 11 is 0. The number of nitrogens with zero attached hydrogens (tertiary/aromatic N) is 8. The van der Waals surface area contributed by atoms with Gasteiger partial charge in [-0.2, -0.15) is 0 Å². The monoisotopic (exact) mass is 1910 g/mol. The Hall–Kier alpha value is -20.1. The van der Waals surface area contributed by atoms with Crippen molar-refractivity contribution in [3.63, 3.8) is 0 Å². The highest BCUT2D eigenvalue weighted by molar-refractivity contribution is 6.17. The number of rotatable bonds is 17. The van der Waals surface area contributed by atoms with Crippen LogP contribution in [0, 0.1) is 0 Å². The van der Waals surface area contributed by atoms with E-state index in [-0.39, 0.29) is 0 Å². The summed E-state index contributed by atoms with van der Waals surface area (Å²) in [5.74, 6) is 0. The Morgan fingerprint density at radius 3 is 0.547 bits per heavy atom. The van der Waals surface area contributed by atoms with Crippen molar-refractivity contribution in [1.82, 2.24) is 27.4 Å². The minimum absolute atomic E-state index is 1.07. The summed E-state index contributed by atoms with van der Waals surface area (Å²) in [7, 11) is 0. The molecule has 0 N–H and O–H groups in total. The number of hydrogen-bond acceptors (Lipinski definition) is 2. The van der Waals surface area contributed by atoms with Crippen molar-refractivity contribution < 1.29 is 0 Å². The average molecular weight is 1910 g/mol. The van der Waals surface area contributed by atoms with Crippen LogP contribution in [0.3, 0.4) is 0 Å². The molecule has 0 atom stereocenters. The van der Waals surface area contributed by atoms with Crippen molar-refractivity contribution in [2.45, 2.75) is 0 Å². The van der Waals surface area contributed by atoms with E-state index in [0.29, 0.717) is 0 Å². The van der Waals surface area contributed by atoms with E-state index < -0.39 is 0 Å². The summed E-state index contributed by atoms with van der Waals surface area (Å²) in [5.41, 5.74) is 39.4. The molecule has 0 aliphatic heterocycles. The van der Waals surface area contributed by atoms with E-state index in [1.165, 1.54) is 169 Å². The maximum absolute atomic E-state index is 2.44. The third kappa shape index (κ3) is 14.6. The summed E-state index contributed by atoms with van der Waals surface area (Å²) in [6.07, 6.45) is 0. The molecule has 24 aromatic carbocycles. The summed E-state index contributed by atoms with van der Waals surface area (Å²) in [4.78, 5) is 4.80. The van der Waals surface area contributed by atoms with E-state index in [4.69, 9.17) is 0 Å². The number of benzene rings is 24. The van der Waals surface area contributed by atoms with Gasteiger partial charge >= 0.3 is 0 Å². The second kappa shape index (κ2) is 36.1. The van der Waals surface area contributed by atoms with E-state index in [0.717, 1.165) is 96.1 Å². The van der Waals surface area contributed by atoms with Gasteiger partial charge in [-0.15, -0.1) is 0 Å². The molecular formula is C142H94N8. The molecule has 8 heteroatoms. The van der Waals surface area contributed by atoms with Crippen LogP contribution in [-0.4, -0.2) is 27.4 Å². The van der Waals surface area contributed by atoms with Gasteiger partial charge in [0.25, 0.3) is 0 Å². The van der Waals surface area contributed by atoms with Gasteiger partial charge in [0.15, 0.2) is 0 Å². The number of para-hydroxylation sites is 12. The van der Waals surface area contributed by atoms with Crippen LogP contribution in [-0.2, 0) is 0 Å². The maximum atomic E-state index is 2.44. The van der Waals surface area contributed by atoms with Crippen LogP contribution in [0.5, 0.6) is 0 Å². The molecule has 0 amide bonds. The topological polar surface area (TPSA) is 36.1 Å². The second-order valence-corrected chi connectivity index (χ2v) is 39.0. The summed E-state index contributed by atoms with van der Waals surface area (Å²) in [5, 5.41) is 17.4. The lowest BCUT2D eigenvalue weighted by Crippen LogP contribution is -2.11. The number of fused-ring (bicyclic) bond motifs is 19. The van der Waals surface area contributed by atoms with Crippen LogP contribution in [0.1, 0.15) is 0 Å². The molecule has 6 heterocycles. The van der Waals surface area contributed by atoms with Gasteiger partial charge in [0, 0.05) is 132 Å². The average Bonchev–Trinajstić information content (AvgIpc) is 1.56. The molecular weight excluding hydrogens is 1820 g/mol. The van der Waals surface area contributed by atoms with Gasteiger partial charge in [0.2, 0.25) is 0 Å². The molecule has 0 aliphatic rings. The summed E-state index contributed by atoms with van der Waals surface area (Å²) in [6.45, 7) is 0. The summed E-state index contributed by atoms with van der Waals surface area (Å²) < 4.78 is 14.4. The zero-order valence-electron chi connectivity index (χ0n) is 81.8. The Morgan fingerprint density at radius 2 is 0.287 bits per heavy atom. The van der Waals surface area contributed by atoms with Gasteiger partial charge in [-0.25, -0.2) is 0 Å². The van der Waals surface area contributed by atoms with E-state index in [1.54, 1.807) is 0 Å². The van der Waals surface area contributed by atoms with Crippen LogP contribution in [0.25, 0.3) is 231 Å².